The van der Waals surface area contributed by atoms with Gasteiger partial charge in [0.25, 0.3) is 5.91 Å². The van der Waals surface area contributed by atoms with Crippen molar-refractivity contribution in [1.29, 1.82) is 0 Å². The number of aromatic nitrogens is 1. The Balaban J connectivity index is 2.06. The number of nitrogens with zero attached hydrogens (tertiary/aromatic N) is 1. The van der Waals surface area contributed by atoms with Crippen LogP contribution in [0.5, 0.6) is 0 Å². The van der Waals surface area contributed by atoms with Crippen molar-refractivity contribution in [3.8, 4) is 0 Å². The Hall–Kier alpha value is -2.37. The molecule has 0 spiro atoms. The topological polar surface area (TPSA) is 84.2 Å². The predicted molar refractivity (Wildman–Crippen MR) is 53.4 cm³/mol. The van der Waals surface area contributed by atoms with Gasteiger partial charge in [0.2, 0.25) is 0 Å². The lowest BCUT2D eigenvalue weighted by molar-refractivity contribution is -0.120. The number of carbonyl (C=O) groups is 2. The number of imide groups is 1. The zero-order valence-corrected chi connectivity index (χ0v) is 8.06. The van der Waals surface area contributed by atoms with Crippen LogP contribution in [0.2, 0.25) is 0 Å². The molecule has 6 heteroatoms. The Labute approximate surface area is 89.6 Å². The van der Waals surface area contributed by atoms with Crippen LogP contribution in [0.25, 0.3) is 11.0 Å². The minimum Gasteiger partial charge on any atom is -0.458 e. The number of nitrogens with one attached hydrogen (secondary N) is 2. The second-order valence-electron chi connectivity index (χ2n) is 3.46. The molecule has 0 unspecified atom stereocenters. The van der Waals surface area contributed by atoms with E-state index >= 15 is 0 Å². The highest BCUT2D eigenvalue weighted by Crippen LogP contribution is 2.24. The summed E-state index contributed by atoms with van der Waals surface area (Å²) < 4.78 is 5.46. The normalized spacial score (nSPS) is 19.9. The number of hydrogen-bond donors (Lipinski definition) is 2. The van der Waals surface area contributed by atoms with Crippen LogP contribution in [0.3, 0.4) is 0 Å². The molecule has 0 aliphatic carbocycles. The van der Waals surface area contributed by atoms with Crippen molar-refractivity contribution in [2.24, 2.45) is 0 Å². The number of pyridine rings is 1. The van der Waals surface area contributed by atoms with Gasteiger partial charge in [-0.3, -0.25) is 15.1 Å². The summed E-state index contributed by atoms with van der Waals surface area (Å²) in [7, 11) is 0. The number of furan rings is 1. The molecule has 1 atom stereocenters. The number of fused-ring (bicyclic) bond motifs is 1. The first-order valence-electron chi connectivity index (χ1n) is 4.69. The van der Waals surface area contributed by atoms with Crippen molar-refractivity contribution < 1.29 is 14.0 Å². The lowest BCUT2D eigenvalue weighted by Gasteiger charge is -2.00. The van der Waals surface area contributed by atoms with Gasteiger partial charge in [-0.2, -0.15) is 0 Å². The van der Waals surface area contributed by atoms with Crippen LogP contribution in [0.4, 0.5) is 4.79 Å². The van der Waals surface area contributed by atoms with Crippen LogP contribution in [0.15, 0.2) is 28.9 Å². The maximum absolute atomic E-state index is 11.4. The van der Waals surface area contributed by atoms with Crippen molar-refractivity contribution >= 4 is 22.9 Å². The summed E-state index contributed by atoms with van der Waals surface area (Å²) in [5.41, 5.74) is 0.638. The van der Waals surface area contributed by atoms with Crippen molar-refractivity contribution in [1.82, 2.24) is 15.6 Å². The van der Waals surface area contributed by atoms with Gasteiger partial charge in [-0.25, -0.2) is 4.79 Å². The van der Waals surface area contributed by atoms with Gasteiger partial charge < -0.3 is 9.73 Å². The maximum atomic E-state index is 11.4. The average molecular weight is 217 g/mol. The fourth-order valence-corrected chi connectivity index (χ4v) is 1.66. The SMILES string of the molecule is O=C1NC(=O)[C@H](c2cc3cnccc3o2)N1. The number of urea groups is 1. The second-order valence-corrected chi connectivity index (χ2v) is 3.46. The van der Waals surface area contributed by atoms with E-state index in [4.69, 9.17) is 4.42 Å². The number of carbonyl (C=O) groups excluding carboxylic acids is 2. The van der Waals surface area contributed by atoms with E-state index in [0.29, 0.717) is 11.3 Å². The van der Waals surface area contributed by atoms with Crippen molar-refractivity contribution in [2.45, 2.75) is 6.04 Å². The Morgan fingerprint density at radius 1 is 1.38 bits per heavy atom. The zero-order chi connectivity index (χ0) is 11.1. The second kappa shape index (κ2) is 3.06. The Morgan fingerprint density at radius 2 is 2.25 bits per heavy atom. The summed E-state index contributed by atoms with van der Waals surface area (Å²) in [6, 6.07) is 2.14. The Morgan fingerprint density at radius 3 is 2.94 bits per heavy atom. The molecule has 2 N–H and O–H groups in total. The molecule has 1 aliphatic rings. The van der Waals surface area contributed by atoms with Crippen molar-refractivity contribution in [2.75, 3.05) is 0 Å². The van der Waals surface area contributed by atoms with Crippen molar-refractivity contribution in [3.05, 3.63) is 30.3 Å². The minimum atomic E-state index is -0.750. The Kier molecular flexibility index (Phi) is 1.70. The lowest BCUT2D eigenvalue weighted by atomic mass is 10.2. The third-order valence-corrected chi connectivity index (χ3v) is 2.39. The first-order chi connectivity index (χ1) is 7.74. The van der Waals surface area contributed by atoms with Gasteiger partial charge in [-0.05, 0) is 12.1 Å². The molecule has 80 valence electrons. The molecule has 3 heterocycles. The zero-order valence-electron chi connectivity index (χ0n) is 8.06. The number of rotatable bonds is 1. The molecule has 1 fully saturated rings. The monoisotopic (exact) mass is 217 g/mol. The van der Waals surface area contributed by atoms with E-state index in [9.17, 15) is 9.59 Å². The van der Waals surface area contributed by atoms with Gasteiger partial charge in [-0.1, -0.05) is 0 Å². The number of hydrogen-bond acceptors (Lipinski definition) is 4. The van der Waals surface area contributed by atoms with E-state index in [1.54, 1.807) is 24.5 Å². The summed E-state index contributed by atoms with van der Waals surface area (Å²) in [5, 5.41) is 5.41. The van der Waals surface area contributed by atoms with Gasteiger partial charge in [0.05, 0.1) is 0 Å². The standard InChI is InChI=1S/C10H7N3O3/c14-9-8(12-10(15)13-9)7-3-5-4-11-2-1-6(5)16-7/h1-4,8H,(H2,12,13,14,15)/t8-/m0/s1. The molecule has 3 amide bonds. The van der Waals surface area contributed by atoms with Crippen LogP contribution in [0.1, 0.15) is 11.8 Å². The van der Waals surface area contributed by atoms with Gasteiger partial charge in [0.15, 0.2) is 6.04 Å². The van der Waals surface area contributed by atoms with E-state index in [2.05, 4.69) is 15.6 Å². The fraction of sp³-hybridized carbons (Fsp3) is 0.100. The summed E-state index contributed by atoms with van der Waals surface area (Å²) in [6.45, 7) is 0. The molecular formula is C10H7N3O3. The summed E-state index contributed by atoms with van der Waals surface area (Å²) in [4.78, 5) is 26.3. The van der Waals surface area contributed by atoms with Crippen LogP contribution < -0.4 is 10.6 Å². The van der Waals surface area contributed by atoms with Gasteiger partial charge in [0.1, 0.15) is 11.3 Å². The fourth-order valence-electron chi connectivity index (χ4n) is 1.66. The first kappa shape index (κ1) is 8.90. The molecule has 0 radical (unpaired) electrons. The molecule has 1 aliphatic heterocycles. The summed E-state index contributed by atoms with van der Waals surface area (Å²) in [6.07, 6.45) is 3.24. The highest BCUT2D eigenvalue weighted by molar-refractivity contribution is 6.04. The third kappa shape index (κ3) is 1.23. The van der Waals surface area contributed by atoms with Crippen LogP contribution in [-0.4, -0.2) is 16.9 Å². The Bertz CT molecular complexity index is 557. The van der Waals surface area contributed by atoms with Gasteiger partial charge in [0, 0.05) is 17.8 Å². The smallest absolute Gasteiger partial charge is 0.322 e. The van der Waals surface area contributed by atoms with E-state index in [0.717, 1.165) is 5.39 Å². The molecule has 6 nitrogen and oxygen atoms in total. The molecular weight excluding hydrogens is 210 g/mol. The molecule has 0 aromatic carbocycles. The minimum absolute atomic E-state index is 0.406. The maximum Gasteiger partial charge on any atom is 0.322 e. The largest absolute Gasteiger partial charge is 0.458 e. The van der Waals surface area contributed by atoms with E-state index < -0.39 is 18.0 Å². The van der Waals surface area contributed by atoms with E-state index in [1.807, 2.05) is 0 Å². The number of amides is 3. The average Bonchev–Trinajstić information content (AvgIpc) is 2.81. The van der Waals surface area contributed by atoms with E-state index in [-0.39, 0.29) is 0 Å². The molecule has 2 aromatic heterocycles. The highest BCUT2D eigenvalue weighted by atomic mass is 16.3. The van der Waals surface area contributed by atoms with Gasteiger partial charge >= 0.3 is 6.03 Å². The van der Waals surface area contributed by atoms with Crippen molar-refractivity contribution in [3.63, 3.8) is 0 Å². The predicted octanol–water partition coefficient (Wildman–Crippen LogP) is 0.708. The summed E-state index contributed by atoms with van der Waals surface area (Å²) >= 11 is 0. The molecule has 16 heavy (non-hydrogen) atoms. The molecule has 3 rings (SSSR count). The molecule has 0 saturated carbocycles. The molecule has 0 bridgehead atoms. The lowest BCUT2D eigenvalue weighted by Crippen LogP contribution is -2.22. The molecule has 2 aromatic rings. The van der Waals surface area contributed by atoms with Crippen LogP contribution in [-0.2, 0) is 4.79 Å². The third-order valence-electron chi connectivity index (χ3n) is 2.39. The highest BCUT2D eigenvalue weighted by Gasteiger charge is 2.33. The van der Waals surface area contributed by atoms with Crippen LogP contribution >= 0.6 is 0 Å². The van der Waals surface area contributed by atoms with Gasteiger partial charge in [-0.15, -0.1) is 0 Å². The first-order valence-corrected chi connectivity index (χ1v) is 4.69. The molecule has 1 saturated heterocycles. The van der Waals surface area contributed by atoms with E-state index in [1.165, 1.54) is 0 Å². The quantitative estimate of drug-likeness (QED) is 0.689. The summed E-state index contributed by atoms with van der Waals surface area (Å²) in [5.74, 6) is 0.00312. The van der Waals surface area contributed by atoms with Crippen LogP contribution in [0, 0.1) is 0 Å².